The third kappa shape index (κ3) is 10.1. The van der Waals surface area contributed by atoms with Crippen LogP contribution in [0.4, 0.5) is 0 Å². The van der Waals surface area contributed by atoms with E-state index in [0.29, 0.717) is 55.2 Å². The van der Waals surface area contributed by atoms with Gasteiger partial charge >= 0.3 is 5.69 Å². The Morgan fingerprint density at radius 3 is 2.23 bits per heavy atom. The molecule has 17 heteroatoms. The van der Waals surface area contributed by atoms with Crippen molar-refractivity contribution in [2.24, 2.45) is 18.5 Å². The van der Waals surface area contributed by atoms with Crippen LogP contribution < -0.4 is 33.1 Å². The van der Waals surface area contributed by atoms with Crippen LogP contribution in [0.25, 0.3) is 11.0 Å². The van der Waals surface area contributed by atoms with Gasteiger partial charge in [0.1, 0.15) is 24.2 Å². The number of rotatable bonds is 13. The molecule has 64 heavy (non-hydrogen) atoms. The predicted octanol–water partition coefficient (Wildman–Crippen LogP) is 1.41. The van der Waals surface area contributed by atoms with E-state index >= 15 is 0 Å². The van der Waals surface area contributed by atoms with E-state index in [1.165, 1.54) is 14.0 Å². The molecule has 4 aromatic rings. The molecule has 4 heterocycles. The van der Waals surface area contributed by atoms with Gasteiger partial charge in [0.25, 0.3) is 0 Å². The maximum atomic E-state index is 14.0. The highest BCUT2D eigenvalue weighted by Crippen LogP contribution is 2.30. The van der Waals surface area contributed by atoms with Crippen molar-refractivity contribution in [1.82, 2.24) is 34.9 Å². The number of amides is 7. The van der Waals surface area contributed by atoms with Crippen LogP contribution in [0.2, 0.25) is 0 Å². The molecule has 3 aromatic carbocycles. The van der Waals surface area contributed by atoms with E-state index < -0.39 is 59.7 Å². The van der Waals surface area contributed by atoms with Crippen molar-refractivity contribution < 1.29 is 33.6 Å². The Bertz CT molecular complexity index is 2520. The molecule has 3 aliphatic heterocycles. The number of imide groups is 1. The molecule has 7 amide bonds. The number of aromatic nitrogens is 2. The number of nitrogens with two attached hydrogens (primary N) is 2. The largest absolute Gasteiger partial charge is 0.370 e. The van der Waals surface area contributed by atoms with Crippen molar-refractivity contribution in [1.29, 1.82) is 0 Å². The van der Waals surface area contributed by atoms with E-state index in [2.05, 4.69) is 27.8 Å². The van der Waals surface area contributed by atoms with Gasteiger partial charge in [-0.1, -0.05) is 72.5 Å². The maximum absolute atomic E-state index is 14.0. The van der Waals surface area contributed by atoms with Gasteiger partial charge in [0.05, 0.1) is 17.1 Å². The van der Waals surface area contributed by atoms with E-state index in [-0.39, 0.29) is 62.2 Å². The minimum atomic E-state index is -1.12. The number of fused-ring (bicyclic) bond motifs is 2. The lowest BCUT2D eigenvalue weighted by molar-refractivity contribution is -0.145. The van der Waals surface area contributed by atoms with Crippen LogP contribution in [0.3, 0.4) is 0 Å². The van der Waals surface area contributed by atoms with Gasteiger partial charge in [-0.2, -0.15) is 0 Å². The molecule has 334 valence electrons. The molecular formula is C47H53N9O8. The third-order valence-corrected chi connectivity index (χ3v) is 12.3. The highest BCUT2D eigenvalue weighted by atomic mass is 16.2. The Hall–Kier alpha value is -7.06. The molecule has 0 radical (unpaired) electrons. The highest BCUT2D eigenvalue weighted by Gasteiger charge is 2.45. The number of benzene rings is 3. The number of nitrogens with one attached hydrogen (secondary N) is 3. The Morgan fingerprint density at radius 2 is 1.56 bits per heavy atom. The summed E-state index contributed by atoms with van der Waals surface area (Å²) in [5.74, 6) is 3.03. The van der Waals surface area contributed by atoms with Gasteiger partial charge in [0.2, 0.25) is 41.4 Å². The van der Waals surface area contributed by atoms with Gasteiger partial charge in [0.15, 0.2) is 0 Å². The highest BCUT2D eigenvalue weighted by molar-refractivity contribution is 6.00. The second kappa shape index (κ2) is 20.0. The molecule has 3 aliphatic rings. The van der Waals surface area contributed by atoms with E-state index in [9.17, 15) is 38.4 Å². The Labute approximate surface area is 369 Å². The van der Waals surface area contributed by atoms with Crippen molar-refractivity contribution in [3.8, 4) is 11.8 Å². The van der Waals surface area contributed by atoms with Crippen LogP contribution in [0.15, 0.2) is 83.7 Å². The fraction of sp³-hybridized carbons (Fsp3) is 0.404. The Balaban J connectivity index is 0.942. The normalized spacial score (nSPS) is 20.4. The zero-order chi connectivity index (χ0) is 45.5. The number of hydrogen-bond donors (Lipinski definition) is 5. The number of piperidine rings is 1. The average molecular weight is 872 g/mol. The van der Waals surface area contributed by atoms with Crippen LogP contribution >= 0.6 is 0 Å². The lowest BCUT2D eigenvalue weighted by Crippen LogP contribution is -2.60. The molecular weight excluding hydrogens is 819 g/mol. The minimum Gasteiger partial charge on any atom is -0.370 e. The minimum absolute atomic E-state index is 0.0257. The second-order valence-electron chi connectivity index (χ2n) is 16.6. The Kier molecular flexibility index (Phi) is 14.0. The zero-order valence-electron chi connectivity index (χ0n) is 35.7. The monoisotopic (exact) mass is 871 g/mol. The van der Waals surface area contributed by atoms with Gasteiger partial charge in [-0.15, -0.1) is 0 Å². The Morgan fingerprint density at radius 1 is 0.859 bits per heavy atom. The van der Waals surface area contributed by atoms with Crippen molar-refractivity contribution >= 4 is 52.4 Å². The van der Waals surface area contributed by atoms with Crippen LogP contribution in [-0.4, -0.2) is 97.5 Å². The number of aryl methyl sites for hydroxylation is 1. The van der Waals surface area contributed by atoms with Crippen LogP contribution in [0, 0.1) is 11.8 Å². The molecule has 0 saturated carbocycles. The summed E-state index contributed by atoms with van der Waals surface area (Å²) in [7, 11) is 1.61. The SMILES string of the molecule is Cn1c(=O)n(C2CCC(=O)NC2=O)c2ccc(C#CCCCC(=O)N3CC[C@H]4CC[C@@H](C(=O)N[C@@H](CCC(N)=O)C(=O)NC(c5ccccc5)c5ccccc5)N4C(=O)[C@@H](N)C3)cc21. The number of nitrogens with zero attached hydrogens (tertiary/aromatic N) is 4. The van der Waals surface area contributed by atoms with E-state index in [1.54, 1.807) is 30.1 Å². The average Bonchev–Trinajstić information content (AvgIpc) is 3.82. The lowest BCUT2D eigenvalue weighted by Gasteiger charge is -2.37. The molecule has 1 aromatic heterocycles. The first-order chi connectivity index (χ1) is 30.8. The van der Waals surface area contributed by atoms with E-state index in [4.69, 9.17) is 11.5 Å². The fourth-order valence-corrected chi connectivity index (χ4v) is 8.92. The van der Waals surface area contributed by atoms with E-state index in [0.717, 1.165) is 11.1 Å². The number of carbonyl (C=O) groups excluding carboxylic acids is 7. The summed E-state index contributed by atoms with van der Waals surface area (Å²) >= 11 is 0. The van der Waals surface area contributed by atoms with Gasteiger partial charge < -0.3 is 31.9 Å². The van der Waals surface area contributed by atoms with Gasteiger partial charge in [0, 0.05) is 57.4 Å². The summed E-state index contributed by atoms with van der Waals surface area (Å²) in [4.78, 5) is 107. The first-order valence-corrected chi connectivity index (χ1v) is 21.7. The zero-order valence-corrected chi connectivity index (χ0v) is 35.7. The van der Waals surface area contributed by atoms with Crippen LogP contribution in [0.1, 0.15) is 93.0 Å². The molecule has 0 bridgehead atoms. The summed E-state index contributed by atoms with van der Waals surface area (Å²) in [5.41, 5.74) is 15.0. The van der Waals surface area contributed by atoms with Crippen molar-refractivity contribution in [2.45, 2.75) is 100 Å². The summed E-state index contributed by atoms with van der Waals surface area (Å²) in [6.07, 6.45) is 2.49. The van der Waals surface area contributed by atoms with Crippen molar-refractivity contribution in [2.75, 3.05) is 13.1 Å². The third-order valence-electron chi connectivity index (χ3n) is 12.3. The molecule has 7 rings (SSSR count). The number of unbranched alkanes of at least 4 members (excludes halogenated alkanes) is 1. The van der Waals surface area contributed by atoms with Gasteiger partial charge in [-0.3, -0.25) is 48.0 Å². The van der Waals surface area contributed by atoms with Crippen LogP contribution in [0.5, 0.6) is 0 Å². The smallest absolute Gasteiger partial charge is 0.329 e. The molecule has 17 nitrogen and oxygen atoms in total. The molecule has 5 atom stereocenters. The number of primary amides is 1. The first-order valence-electron chi connectivity index (χ1n) is 21.7. The number of imidazole rings is 1. The maximum Gasteiger partial charge on any atom is 0.329 e. The topological polar surface area (TPSA) is 241 Å². The molecule has 3 fully saturated rings. The van der Waals surface area contributed by atoms with Crippen LogP contribution in [-0.2, 0) is 40.6 Å². The van der Waals surface area contributed by atoms with Crippen molar-refractivity contribution in [3.63, 3.8) is 0 Å². The second-order valence-corrected chi connectivity index (χ2v) is 16.6. The summed E-state index contributed by atoms with van der Waals surface area (Å²) < 4.78 is 2.86. The lowest BCUT2D eigenvalue weighted by atomic mass is 9.98. The summed E-state index contributed by atoms with van der Waals surface area (Å²) in [6.45, 7) is 0.310. The predicted molar refractivity (Wildman–Crippen MR) is 235 cm³/mol. The number of carbonyl (C=O) groups is 7. The molecule has 0 aliphatic carbocycles. The van der Waals surface area contributed by atoms with Crippen molar-refractivity contribution in [3.05, 3.63) is 106 Å². The molecule has 1 unspecified atom stereocenters. The first kappa shape index (κ1) is 45.0. The standard InChI is InChI=1S/C47H53N9O8/c1-53-38-27-29(17-20-35(38)56(47(53)64)37-22-24-40(58)51-45(37)62)11-5-2-10-16-41(59)54-26-25-32-18-21-36(55(32)46(63)33(48)28-54)44(61)50-34(19-23-39(49)57)43(60)52-42(30-12-6-3-7-13-30)31-14-8-4-9-15-31/h3-4,6-9,12-15,17,20,27,32-34,36-37,42H,2,10,16,18-19,21-26,28,48H2,1H3,(H2,49,57)(H,50,61)(H,52,60)(H,51,58,62)/t32-,33+,34+,36+,37?/m1/s1. The molecule has 0 spiro atoms. The van der Waals surface area contributed by atoms with E-state index in [1.807, 2.05) is 60.7 Å². The fourth-order valence-electron chi connectivity index (χ4n) is 8.92. The van der Waals surface area contributed by atoms with Gasteiger partial charge in [-0.05, 0) is 67.9 Å². The molecule has 3 saturated heterocycles. The van der Waals surface area contributed by atoms with Gasteiger partial charge in [-0.25, -0.2) is 4.79 Å². The summed E-state index contributed by atoms with van der Waals surface area (Å²) in [5, 5.41) is 8.17. The quantitative estimate of drug-likeness (QED) is 0.0741. The summed E-state index contributed by atoms with van der Waals surface area (Å²) in [6, 6.07) is 19.2. The molecule has 7 N–H and O–H groups in total. The number of hydrogen-bond acceptors (Lipinski definition) is 9.